The van der Waals surface area contributed by atoms with Crippen molar-refractivity contribution < 1.29 is 0 Å². The quantitative estimate of drug-likeness (QED) is 0.923. The minimum atomic E-state index is 0.324. The van der Waals surface area contributed by atoms with Crippen LogP contribution in [0.1, 0.15) is 43.1 Å². The maximum absolute atomic E-state index is 6.32. The molecule has 3 nitrogen and oxygen atoms in total. The first-order chi connectivity index (χ1) is 9.66. The monoisotopic (exact) mass is 289 g/mol. The number of benzene rings is 1. The van der Waals surface area contributed by atoms with Crippen LogP contribution in [0.2, 0.25) is 5.02 Å². The van der Waals surface area contributed by atoms with Crippen LogP contribution in [0.5, 0.6) is 0 Å². The fourth-order valence-electron chi connectivity index (χ4n) is 2.89. The van der Waals surface area contributed by atoms with E-state index >= 15 is 0 Å². The highest BCUT2D eigenvalue weighted by Crippen LogP contribution is 2.30. The molecule has 0 radical (unpaired) electrons. The van der Waals surface area contributed by atoms with Crippen LogP contribution in [0.15, 0.2) is 24.4 Å². The number of hydrogen-bond acceptors (Lipinski definition) is 2. The summed E-state index contributed by atoms with van der Waals surface area (Å²) in [4.78, 5) is 0. The Morgan fingerprint density at radius 1 is 1.40 bits per heavy atom. The lowest BCUT2D eigenvalue weighted by atomic mass is 9.97. The Morgan fingerprint density at radius 3 is 3.05 bits per heavy atom. The number of nitrogens with zero attached hydrogens (tertiary/aromatic N) is 2. The van der Waals surface area contributed by atoms with Gasteiger partial charge in [-0.25, -0.2) is 0 Å². The molecule has 0 bridgehead atoms. The van der Waals surface area contributed by atoms with Gasteiger partial charge in [0.15, 0.2) is 0 Å². The predicted molar refractivity (Wildman–Crippen MR) is 83.7 cm³/mol. The van der Waals surface area contributed by atoms with Crippen molar-refractivity contribution in [1.82, 2.24) is 9.78 Å². The largest absolute Gasteiger partial charge is 0.385 e. The minimum Gasteiger partial charge on any atom is -0.385 e. The number of aromatic nitrogens is 2. The van der Waals surface area contributed by atoms with Crippen LogP contribution in [-0.4, -0.2) is 16.3 Å². The second-order valence-electron chi connectivity index (χ2n) is 5.64. The Balaban J connectivity index is 1.98. The third-order valence-corrected chi connectivity index (χ3v) is 4.17. The average molecular weight is 290 g/mol. The lowest BCUT2D eigenvalue weighted by molar-refractivity contribution is 0.514. The summed E-state index contributed by atoms with van der Waals surface area (Å²) in [6, 6.07) is 6.87. The molecule has 2 aromatic rings. The van der Waals surface area contributed by atoms with Gasteiger partial charge in [0.2, 0.25) is 0 Å². The van der Waals surface area contributed by atoms with Crippen molar-refractivity contribution in [2.45, 2.75) is 39.2 Å². The van der Waals surface area contributed by atoms with Gasteiger partial charge in [-0.05, 0) is 37.8 Å². The SMILES string of the molecule is CC(C)n1ncc(Cl)c1Cc1cccc2c1NCCC2. The summed E-state index contributed by atoms with van der Waals surface area (Å²) >= 11 is 6.32. The highest BCUT2D eigenvalue weighted by atomic mass is 35.5. The van der Waals surface area contributed by atoms with Crippen molar-refractivity contribution in [3.05, 3.63) is 46.2 Å². The highest BCUT2D eigenvalue weighted by Gasteiger charge is 2.17. The van der Waals surface area contributed by atoms with E-state index < -0.39 is 0 Å². The van der Waals surface area contributed by atoms with E-state index in [-0.39, 0.29) is 0 Å². The second-order valence-corrected chi connectivity index (χ2v) is 6.04. The molecule has 0 spiro atoms. The van der Waals surface area contributed by atoms with Gasteiger partial charge in [-0.15, -0.1) is 0 Å². The van der Waals surface area contributed by atoms with E-state index in [9.17, 15) is 0 Å². The van der Waals surface area contributed by atoms with E-state index in [1.165, 1.54) is 23.2 Å². The molecular weight excluding hydrogens is 270 g/mol. The summed E-state index contributed by atoms with van der Waals surface area (Å²) in [6.45, 7) is 5.32. The van der Waals surface area contributed by atoms with E-state index in [0.717, 1.165) is 30.1 Å². The Bertz CT molecular complexity index is 616. The van der Waals surface area contributed by atoms with Crippen LogP contribution in [0.4, 0.5) is 5.69 Å². The Labute approximate surface area is 124 Å². The second kappa shape index (κ2) is 5.49. The van der Waals surface area contributed by atoms with Gasteiger partial charge in [-0.2, -0.15) is 5.10 Å². The van der Waals surface area contributed by atoms with E-state index in [1.807, 2.05) is 4.68 Å². The number of nitrogens with one attached hydrogen (secondary N) is 1. The Morgan fingerprint density at radius 2 is 2.25 bits per heavy atom. The first-order valence-electron chi connectivity index (χ1n) is 7.23. The van der Waals surface area contributed by atoms with Gasteiger partial charge in [-0.1, -0.05) is 29.8 Å². The Kier molecular flexibility index (Phi) is 3.70. The number of para-hydroxylation sites is 1. The van der Waals surface area contributed by atoms with Crippen molar-refractivity contribution in [3.63, 3.8) is 0 Å². The summed E-state index contributed by atoms with van der Waals surface area (Å²) in [5, 5.41) is 8.68. The zero-order chi connectivity index (χ0) is 14.1. The molecule has 1 aromatic heterocycles. The number of hydrogen-bond donors (Lipinski definition) is 1. The van der Waals surface area contributed by atoms with Crippen molar-refractivity contribution >= 4 is 17.3 Å². The van der Waals surface area contributed by atoms with Gasteiger partial charge in [0.05, 0.1) is 16.9 Å². The topological polar surface area (TPSA) is 29.9 Å². The van der Waals surface area contributed by atoms with Crippen LogP contribution in [-0.2, 0) is 12.8 Å². The molecule has 106 valence electrons. The number of anilines is 1. The normalized spacial score (nSPS) is 14.2. The molecule has 0 saturated carbocycles. The lowest BCUT2D eigenvalue weighted by Gasteiger charge is -2.22. The van der Waals surface area contributed by atoms with Crippen LogP contribution in [0.3, 0.4) is 0 Å². The molecule has 0 aliphatic carbocycles. The molecule has 0 fully saturated rings. The molecule has 0 amide bonds. The first kappa shape index (κ1) is 13.5. The smallest absolute Gasteiger partial charge is 0.0821 e. The zero-order valence-electron chi connectivity index (χ0n) is 12.0. The summed E-state index contributed by atoms with van der Waals surface area (Å²) in [5.41, 5.74) is 5.13. The van der Waals surface area contributed by atoms with Gasteiger partial charge in [0.25, 0.3) is 0 Å². The van der Waals surface area contributed by atoms with Crippen LogP contribution >= 0.6 is 11.6 Å². The van der Waals surface area contributed by atoms with E-state index in [2.05, 4.69) is 42.5 Å². The highest BCUT2D eigenvalue weighted by molar-refractivity contribution is 6.31. The minimum absolute atomic E-state index is 0.324. The summed E-state index contributed by atoms with van der Waals surface area (Å²) in [5.74, 6) is 0. The molecular formula is C16H20ClN3. The number of fused-ring (bicyclic) bond motifs is 1. The Hall–Kier alpha value is -1.48. The van der Waals surface area contributed by atoms with Gasteiger partial charge in [-0.3, -0.25) is 4.68 Å². The van der Waals surface area contributed by atoms with E-state index in [4.69, 9.17) is 11.6 Å². The summed E-state index contributed by atoms with van der Waals surface area (Å²) in [6.07, 6.45) is 4.95. The lowest BCUT2D eigenvalue weighted by Crippen LogP contribution is -2.15. The van der Waals surface area contributed by atoms with Crippen LogP contribution < -0.4 is 5.32 Å². The predicted octanol–water partition coefficient (Wildman–Crippen LogP) is 4.07. The number of halogens is 1. The van der Waals surface area contributed by atoms with Crippen molar-refractivity contribution in [2.24, 2.45) is 0 Å². The fourth-order valence-corrected chi connectivity index (χ4v) is 3.08. The molecule has 0 saturated heterocycles. The average Bonchev–Trinajstić information content (AvgIpc) is 2.81. The van der Waals surface area contributed by atoms with E-state index in [0.29, 0.717) is 6.04 Å². The van der Waals surface area contributed by atoms with Crippen molar-refractivity contribution in [1.29, 1.82) is 0 Å². The third-order valence-electron chi connectivity index (χ3n) is 3.86. The molecule has 1 N–H and O–H groups in total. The molecule has 1 aliphatic heterocycles. The standard InChI is InChI=1S/C16H20ClN3/c1-11(2)20-15(14(17)10-19-20)9-13-6-3-5-12-7-4-8-18-16(12)13/h3,5-6,10-11,18H,4,7-9H2,1-2H3. The third kappa shape index (κ3) is 2.42. The van der Waals surface area contributed by atoms with Crippen LogP contribution in [0, 0.1) is 0 Å². The van der Waals surface area contributed by atoms with E-state index in [1.54, 1.807) is 6.20 Å². The molecule has 0 atom stereocenters. The first-order valence-corrected chi connectivity index (χ1v) is 7.61. The molecule has 3 rings (SSSR count). The van der Waals surface area contributed by atoms with Gasteiger partial charge < -0.3 is 5.32 Å². The van der Waals surface area contributed by atoms with Crippen molar-refractivity contribution in [2.75, 3.05) is 11.9 Å². The number of aryl methyl sites for hydroxylation is 1. The van der Waals surface area contributed by atoms with Gasteiger partial charge in [0.1, 0.15) is 0 Å². The molecule has 1 aliphatic rings. The summed E-state index contributed by atoms with van der Waals surface area (Å²) < 4.78 is 2.02. The maximum Gasteiger partial charge on any atom is 0.0821 e. The van der Waals surface area contributed by atoms with Crippen molar-refractivity contribution in [3.8, 4) is 0 Å². The molecule has 0 unspecified atom stereocenters. The molecule has 1 aromatic carbocycles. The molecule has 20 heavy (non-hydrogen) atoms. The zero-order valence-corrected chi connectivity index (χ0v) is 12.7. The van der Waals surface area contributed by atoms with Gasteiger partial charge in [0, 0.05) is 24.7 Å². The molecule has 4 heteroatoms. The number of rotatable bonds is 3. The maximum atomic E-state index is 6.32. The molecule has 2 heterocycles. The van der Waals surface area contributed by atoms with Gasteiger partial charge >= 0.3 is 0 Å². The summed E-state index contributed by atoms with van der Waals surface area (Å²) in [7, 11) is 0. The fraction of sp³-hybridized carbons (Fsp3) is 0.438. The van der Waals surface area contributed by atoms with Crippen LogP contribution in [0.25, 0.3) is 0 Å².